The summed E-state index contributed by atoms with van der Waals surface area (Å²) in [6, 6.07) is 0. The minimum atomic E-state index is 0.468. The molecule has 0 aromatic carbocycles. The fraction of sp³-hybridized carbons (Fsp3) is 0.800. The lowest BCUT2D eigenvalue weighted by molar-refractivity contribution is -0.0264. The van der Waals surface area contributed by atoms with Gasteiger partial charge < -0.3 is 4.74 Å². The first-order chi connectivity index (χ1) is 9.90. The highest BCUT2D eigenvalue weighted by Crippen LogP contribution is 2.35. The Morgan fingerprint density at radius 3 is 2.48 bits per heavy atom. The first kappa shape index (κ1) is 18.5. The van der Waals surface area contributed by atoms with Crippen molar-refractivity contribution in [2.75, 3.05) is 6.61 Å². The molecule has 0 N–H and O–H groups in total. The Balaban J connectivity index is 2.39. The van der Waals surface area contributed by atoms with E-state index in [0.717, 1.165) is 37.2 Å². The van der Waals surface area contributed by atoms with Crippen LogP contribution in [0.1, 0.15) is 73.6 Å². The Morgan fingerprint density at radius 1 is 1.14 bits per heavy atom. The van der Waals surface area contributed by atoms with Gasteiger partial charge >= 0.3 is 0 Å². The van der Waals surface area contributed by atoms with Gasteiger partial charge in [-0.05, 0) is 64.2 Å². The van der Waals surface area contributed by atoms with Crippen molar-refractivity contribution in [1.82, 2.24) is 0 Å². The smallest absolute Gasteiger partial charge is 0.0653 e. The first-order valence-corrected chi connectivity index (χ1v) is 8.80. The van der Waals surface area contributed by atoms with Crippen LogP contribution >= 0.6 is 0 Å². The average molecular weight is 293 g/mol. The van der Waals surface area contributed by atoms with E-state index in [-0.39, 0.29) is 0 Å². The third-order valence-corrected chi connectivity index (χ3v) is 4.79. The molecule has 0 spiro atoms. The van der Waals surface area contributed by atoms with Crippen LogP contribution in [0.3, 0.4) is 0 Å². The molecule has 21 heavy (non-hydrogen) atoms. The number of hydrogen-bond donors (Lipinski definition) is 0. The molecule has 3 atom stereocenters. The molecule has 0 aromatic rings. The Kier molecular flexibility index (Phi) is 8.33. The van der Waals surface area contributed by atoms with E-state index >= 15 is 0 Å². The van der Waals surface area contributed by atoms with Crippen molar-refractivity contribution in [2.24, 2.45) is 17.8 Å². The van der Waals surface area contributed by atoms with E-state index in [4.69, 9.17) is 4.74 Å². The van der Waals surface area contributed by atoms with Gasteiger partial charge in [0.1, 0.15) is 0 Å². The van der Waals surface area contributed by atoms with Gasteiger partial charge in [0.25, 0.3) is 0 Å². The third kappa shape index (κ3) is 7.31. The van der Waals surface area contributed by atoms with E-state index in [1.165, 1.54) is 30.4 Å². The van der Waals surface area contributed by atoms with Gasteiger partial charge in [-0.3, -0.25) is 0 Å². The van der Waals surface area contributed by atoms with Gasteiger partial charge in [0.05, 0.1) is 12.7 Å². The lowest BCUT2D eigenvalue weighted by Gasteiger charge is -2.37. The van der Waals surface area contributed by atoms with Crippen LogP contribution < -0.4 is 0 Å². The zero-order valence-corrected chi connectivity index (χ0v) is 15.1. The normalized spacial score (nSPS) is 27.0. The predicted molar refractivity (Wildman–Crippen MR) is 93.5 cm³/mol. The molecule has 0 radical (unpaired) electrons. The summed E-state index contributed by atoms with van der Waals surface area (Å²) < 4.78 is 6.23. The van der Waals surface area contributed by atoms with Crippen molar-refractivity contribution in [2.45, 2.75) is 79.8 Å². The summed E-state index contributed by atoms with van der Waals surface area (Å²) in [6.07, 6.45) is 11.3. The molecule has 1 nitrogen and oxygen atoms in total. The SMILES string of the molecule is CC(C)=CCC/C(C)=C/COC1CC(C)CCC1C(C)C. The van der Waals surface area contributed by atoms with Crippen LogP contribution in [-0.4, -0.2) is 12.7 Å². The highest BCUT2D eigenvalue weighted by molar-refractivity contribution is 5.02. The molecule has 0 heterocycles. The monoisotopic (exact) mass is 292 g/mol. The fourth-order valence-corrected chi connectivity index (χ4v) is 3.31. The topological polar surface area (TPSA) is 9.23 Å². The molecular formula is C20H36O. The van der Waals surface area contributed by atoms with Gasteiger partial charge in [0, 0.05) is 0 Å². The molecule has 1 aliphatic carbocycles. The lowest BCUT2D eigenvalue weighted by atomic mass is 9.75. The van der Waals surface area contributed by atoms with Gasteiger partial charge in [0.2, 0.25) is 0 Å². The molecule has 0 bridgehead atoms. The summed E-state index contributed by atoms with van der Waals surface area (Å²) in [5, 5.41) is 0. The molecule has 0 aliphatic heterocycles. The van der Waals surface area contributed by atoms with Crippen LogP contribution in [0.4, 0.5) is 0 Å². The van der Waals surface area contributed by atoms with Crippen molar-refractivity contribution < 1.29 is 4.74 Å². The molecule has 1 rings (SSSR count). The van der Waals surface area contributed by atoms with Gasteiger partial charge in [-0.25, -0.2) is 0 Å². The standard InChI is InChI=1S/C20H36O/c1-15(2)8-7-9-17(5)12-13-21-20-14-18(6)10-11-19(20)16(3)4/h8,12,16,18-20H,7,9-11,13-14H2,1-6H3/b17-12+. The maximum absolute atomic E-state index is 6.23. The zero-order chi connectivity index (χ0) is 15.8. The van der Waals surface area contributed by atoms with Crippen LogP contribution in [-0.2, 0) is 4.74 Å². The largest absolute Gasteiger partial charge is 0.374 e. The molecule has 1 fully saturated rings. The third-order valence-electron chi connectivity index (χ3n) is 4.79. The van der Waals surface area contributed by atoms with E-state index in [1.54, 1.807) is 0 Å². The van der Waals surface area contributed by atoms with Gasteiger partial charge in [0.15, 0.2) is 0 Å². The van der Waals surface area contributed by atoms with Crippen LogP contribution in [0, 0.1) is 17.8 Å². The average Bonchev–Trinajstić information content (AvgIpc) is 2.38. The fourth-order valence-electron chi connectivity index (χ4n) is 3.31. The van der Waals surface area contributed by atoms with Crippen LogP contribution in [0.2, 0.25) is 0 Å². The van der Waals surface area contributed by atoms with Crippen molar-refractivity contribution >= 4 is 0 Å². The van der Waals surface area contributed by atoms with Crippen LogP contribution in [0.15, 0.2) is 23.3 Å². The van der Waals surface area contributed by atoms with E-state index in [1.807, 2.05) is 0 Å². The Morgan fingerprint density at radius 2 is 1.86 bits per heavy atom. The maximum Gasteiger partial charge on any atom is 0.0653 e. The Labute approximate surface area is 132 Å². The number of hydrogen-bond acceptors (Lipinski definition) is 1. The Hall–Kier alpha value is -0.560. The van der Waals surface area contributed by atoms with Crippen molar-refractivity contribution in [1.29, 1.82) is 0 Å². The molecule has 1 aliphatic rings. The predicted octanol–water partition coefficient (Wildman–Crippen LogP) is 6.16. The van der Waals surface area contributed by atoms with E-state index in [2.05, 4.69) is 53.7 Å². The van der Waals surface area contributed by atoms with Crippen molar-refractivity contribution in [3.8, 4) is 0 Å². The van der Waals surface area contributed by atoms with E-state index in [0.29, 0.717) is 6.10 Å². The number of ether oxygens (including phenoxy) is 1. The molecule has 0 saturated heterocycles. The maximum atomic E-state index is 6.23. The zero-order valence-electron chi connectivity index (χ0n) is 15.1. The molecule has 3 unspecified atom stereocenters. The van der Waals surface area contributed by atoms with Crippen molar-refractivity contribution in [3.63, 3.8) is 0 Å². The van der Waals surface area contributed by atoms with Gasteiger partial charge in [-0.2, -0.15) is 0 Å². The highest BCUT2D eigenvalue weighted by Gasteiger charge is 2.30. The summed E-state index contributed by atoms with van der Waals surface area (Å²) in [6.45, 7) is 14.4. The minimum absolute atomic E-state index is 0.468. The molecule has 122 valence electrons. The minimum Gasteiger partial charge on any atom is -0.374 e. The Bertz CT molecular complexity index is 347. The second-order valence-corrected chi connectivity index (χ2v) is 7.57. The van der Waals surface area contributed by atoms with Crippen molar-refractivity contribution in [3.05, 3.63) is 23.3 Å². The van der Waals surface area contributed by atoms with Gasteiger partial charge in [-0.1, -0.05) is 50.5 Å². The number of rotatable bonds is 7. The quantitative estimate of drug-likeness (QED) is 0.511. The van der Waals surface area contributed by atoms with Crippen LogP contribution in [0.5, 0.6) is 0 Å². The molecular weight excluding hydrogens is 256 g/mol. The molecule has 0 aromatic heterocycles. The molecule has 1 saturated carbocycles. The van der Waals surface area contributed by atoms with E-state index in [9.17, 15) is 0 Å². The summed E-state index contributed by atoms with van der Waals surface area (Å²) >= 11 is 0. The molecule has 1 heteroatoms. The van der Waals surface area contributed by atoms with E-state index < -0.39 is 0 Å². The molecule has 0 amide bonds. The summed E-state index contributed by atoms with van der Waals surface area (Å²) in [7, 11) is 0. The second-order valence-electron chi connectivity index (χ2n) is 7.57. The summed E-state index contributed by atoms with van der Waals surface area (Å²) in [5.41, 5.74) is 2.87. The van der Waals surface area contributed by atoms with Gasteiger partial charge in [-0.15, -0.1) is 0 Å². The summed E-state index contributed by atoms with van der Waals surface area (Å²) in [5.74, 6) is 2.32. The summed E-state index contributed by atoms with van der Waals surface area (Å²) in [4.78, 5) is 0. The first-order valence-electron chi connectivity index (χ1n) is 8.80. The van der Waals surface area contributed by atoms with Crippen LogP contribution in [0.25, 0.3) is 0 Å². The highest BCUT2D eigenvalue weighted by atomic mass is 16.5. The lowest BCUT2D eigenvalue weighted by Crippen LogP contribution is -2.34. The number of allylic oxidation sites excluding steroid dienone is 3. The second kappa shape index (κ2) is 9.46.